The Balaban J connectivity index is 1.83. The molecule has 2 aromatic rings. The van der Waals surface area contributed by atoms with Crippen LogP contribution in [0.2, 0.25) is 0 Å². The average molecular weight is 328 g/mol. The van der Waals surface area contributed by atoms with Gasteiger partial charge in [-0.2, -0.15) is 0 Å². The first kappa shape index (κ1) is 16.1. The Morgan fingerprint density at radius 3 is 2.79 bits per heavy atom. The van der Waals surface area contributed by atoms with Crippen LogP contribution in [0, 0.1) is 5.82 Å². The highest BCUT2D eigenvalue weighted by Gasteiger charge is 2.24. The number of hydrogen-bond donors (Lipinski definition) is 1. The third kappa shape index (κ3) is 3.14. The molecule has 0 unspecified atom stereocenters. The Morgan fingerprint density at radius 2 is 2.04 bits per heavy atom. The molecular formula is C18H17FN2O3. The maximum absolute atomic E-state index is 13.7. The molecule has 124 valence electrons. The third-order valence-corrected chi connectivity index (χ3v) is 3.91. The second-order valence-electron chi connectivity index (χ2n) is 5.52. The van der Waals surface area contributed by atoms with E-state index in [1.165, 1.54) is 25.3 Å². The van der Waals surface area contributed by atoms with Gasteiger partial charge in [0.15, 0.2) is 0 Å². The normalized spacial score (nSPS) is 13.6. The van der Waals surface area contributed by atoms with E-state index in [2.05, 4.69) is 5.32 Å². The van der Waals surface area contributed by atoms with Crippen molar-refractivity contribution < 1.29 is 18.7 Å². The average Bonchev–Trinajstić information content (AvgIpc) is 2.58. The van der Waals surface area contributed by atoms with Crippen LogP contribution >= 0.6 is 0 Å². The quantitative estimate of drug-likeness (QED) is 0.939. The minimum absolute atomic E-state index is 0.00694. The number of nitrogens with one attached hydrogen (secondary N) is 1. The molecule has 0 aromatic heterocycles. The number of benzene rings is 2. The summed E-state index contributed by atoms with van der Waals surface area (Å²) >= 11 is 0. The molecule has 2 aromatic carbocycles. The van der Waals surface area contributed by atoms with Crippen LogP contribution in [0.25, 0.3) is 0 Å². The first-order valence-corrected chi connectivity index (χ1v) is 7.58. The number of amides is 2. The Labute approximate surface area is 139 Å². The van der Waals surface area contributed by atoms with Crippen molar-refractivity contribution in [3.8, 4) is 0 Å². The van der Waals surface area contributed by atoms with Crippen LogP contribution in [-0.4, -0.2) is 25.7 Å². The van der Waals surface area contributed by atoms with Crippen LogP contribution in [-0.2, 0) is 16.0 Å². The summed E-state index contributed by atoms with van der Waals surface area (Å²) in [6.07, 6.45) is 0.985. The summed E-state index contributed by atoms with van der Waals surface area (Å²) in [5.41, 5.74) is 2.27. The topological polar surface area (TPSA) is 58.6 Å². The van der Waals surface area contributed by atoms with Gasteiger partial charge in [-0.05, 0) is 42.3 Å². The molecule has 1 N–H and O–H groups in total. The SMILES string of the molecule is COCN1C(=O)CCc2cc(NC(=O)c3ccccc3F)ccc21. The molecule has 0 aliphatic carbocycles. The van der Waals surface area contributed by atoms with Crippen LogP contribution in [0.15, 0.2) is 42.5 Å². The van der Waals surface area contributed by atoms with Crippen LogP contribution in [0.3, 0.4) is 0 Å². The lowest BCUT2D eigenvalue weighted by Crippen LogP contribution is -2.36. The highest BCUT2D eigenvalue weighted by molar-refractivity contribution is 6.05. The monoisotopic (exact) mass is 328 g/mol. The minimum Gasteiger partial charge on any atom is -0.364 e. The van der Waals surface area contributed by atoms with Crippen molar-refractivity contribution in [1.82, 2.24) is 0 Å². The fourth-order valence-corrected chi connectivity index (χ4v) is 2.75. The van der Waals surface area contributed by atoms with Gasteiger partial charge in [0.25, 0.3) is 5.91 Å². The second-order valence-corrected chi connectivity index (χ2v) is 5.52. The number of nitrogens with zero attached hydrogens (tertiary/aromatic N) is 1. The Morgan fingerprint density at radius 1 is 1.25 bits per heavy atom. The first-order valence-electron chi connectivity index (χ1n) is 7.58. The highest BCUT2D eigenvalue weighted by Crippen LogP contribution is 2.30. The molecule has 24 heavy (non-hydrogen) atoms. The van der Waals surface area contributed by atoms with Gasteiger partial charge in [-0.3, -0.25) is 14.5 Å². The second kappa shape index (κ2) is 6.80. The number of carbonyl (C=O) groups excluding carboxylic acids is 2. The van der Waals surface area contributed by atoms with Crippen LogP contribution < -0.4 is 10.2 Å². The summed E-state index contributed by atoms with van der Waals surface area (Å²) in [5.74, 6) is -1.06. The standard InChI is InChI=1S/C18H17FN2O3/c1-24-11-21-16-8-7-13(10-12(16)6-9-17(21)22)20-18(23)14-4-2-3-5-15(14)19/h2-5,7-8,10H,6,9,11H2,1H3,(H,20,23). The molecule has 5 nitrogen and oxygen atoms in total. The van der Waals surface area contributed by atoms with Crippen molar-refractivity contribution in [2.75, 3.05) is 24.1 Å². The summed E-state index contributed by atoms with van der Waals surface area (Å²) in [5, 5.41) is 2.69. The lowest BCUT2D eigenvalue weighted by molar-refractivity contribution is -0.119. The van der Waals surface area contributed by atoms with Gasteiger partial charge in [0, 0.05) is 24.9 Å². The zero-order valence-electron chi connectivity index (χ0n) is 13.2. The number of anilines is 2. The Kier molecular flexibility index (Phi) is 4.57. The smallest absolute Gasteiger partial charge is 0.258 e. The number of aryl methyl sites for hydroxylation is 1. The van der Waals surface area contributed by atoms with Gasteiger partial charge < -0.3 is 10.1 Å². The largest absolute Gasteiger partial charge is 0.364 e. The molecule has 3 rings (SSSR count). The summed E-state index contributed by atoms with van der Waals surface area (Å²) in [7, 11) is 1.53. The van der Waals surface area contributed by atoms with E-state index in [9.17, 15) is 14.0 Å². The van der Waals surface area contributed by atoms with E-state index in [0.717, 1.165) is 11.3 Å². The third-order valence-electron chi connectivity index (χ3n) is 3.91. The van der Waals surface area contributed by atoms with Crippen molar-refractivity contribution in [3.05, 3.63) is 59.4 Å². The number of halogens is 1. The highest BCUT2D eigenvalue weighted by atomic mass is 19.1. The maximum Gasteiger partial charge on any atom is 0.258 e. The van der Waals surface area contributed by atoms with Gasteiger partial charge in [0.2, 0.25) is 5.91 Å². The lowest BCUT2D eigenvalue weighted by Gasteiger charge is -2.29. The summed E-state index contributed by atoms with van der Waals surface area (Å²) in [4.78, 5) is 25.7. The van der Waals surface area contributed by atoms with E-state index >= 15 is 0 Å². The van der Waals surface area contributed by atoms with Gasteiger partial charge in [-0.15, -0.1) is 0 Å². The van der Waals surface area contributed by atoms with Crippen LogP contribution in [0.5, 0.6) is 0 Å². The molecule has 1 aliphatic heterocycles. The number of hydrogen-bond acceptors (Lipinski definition) is 3. The summed E-state index contributed by atoms with van der Waals surface area (Å²) in [6.45, 7) is 0.187. The molecule has 6 heteroatoms. The van der Waals surface area contributed by atoms with E-state index < -0.39 is 11.7 Å². The molecule has 0 spiro atoms. The van der Waals surface area contributed by atoms with Gasteiger partial charge in [-0.1, -0.05) is 12.1 Å². The van der Waals surface area contributed by atoms with Crippen molar-refractivity contribution >= 4 is 23.2 Å². The summed E-state index contributed by atoms with van der Waals surface area (Å²) < 4.78 is 18.7. The Bertz CT molecular complexity index is 792. The lowest BCUT2D eigenvalue weighted by atomic mass is 10.0. The molecule has 2 amide bonds. The molecule has 0 saturated heterocycles. The zero-order valence-corrected chi connectivity index (χ0v) is 13.2. The number of ether oxygens (including phenoxy) is 1. The Hall–Kier alpha value is -2.73. The summed E-state index contributed by atoms with van der Waals surface area (Å²) in [6, 6.07) is 11.1. The van der Waals surface area contributed by atoms with E-state index in [4.69, 9.17) is 4.74 Å². The van der Waals surface area contributed by atoms with Gasteiger partial charge >= 0.3 is 0 Å². The number of carbonyl (C=O) groups is 2. The number of methoxy groups -OCH3 is 1. The van der Waals surface area contributed by atoms with Crippen molar-refractivity contribution in [2.45, 2.75) is 12.8 Å². The van der Waals surface area contributed by atoms with E-state index in [-0.39, 0.29) is 18.2 Å². The molecular weight excluding hydrogens is 311 g/mol. The minimum atomic E-state index is -0.565. The zero-order chi connectivity index (χ0) is 17.1. The van der Waals surface area contributed by atoms with Crippen molar-refractivity contribution in [1.29, 1.82) is 0 Å². The van der Waals surface area contributed by atoms with Gasteiger partial charge in [0.05, 0.1) is 5.56 Å². The maximum atomic E-state index is 13.7. The first-order chi connectivity index (χ1) is 11.6. The number of rotatable bonds is 4. The molecule has 0 bridgehead atoms. The molecule has 1 heterocycles. The number of fused-ring (bicyclic) bond motifs is 1. The van der Waals surface area contributed by atoms with Crippen molar-refractivity contribution in [2.24, 2.45) is 0 Å². The van der Waals surface area contributed by atoms with E-state index in [1.807, 2.05) is 6.07 Å². The van der Waals surface area contributed by atoms with E-state index in [1.54, 1.807) is 23.1 Å². The van der Waals surface area contributed by atoms with E-state index in [0.29, 0.717) is 18.5 Å². The molecule has 0 radical (unpaired) electrons. The fraction of sp³-hybridized carbons (Fsp3) is 0.222. The van der Waals surface area contributed by atoms with Gasteiger partial charge in [0.1, 0.15) is 12.5 Å². The predicted molar refractivity (Wildman–Crippen MR) is 88.5 cm³/mol. The van der Waals surface area contributed by atoms with Crippen molar-refractivity contribution in [3.63, 3.8) is 0 Å². The predicted octanol–water partition coefficient (Wildman–Crippen LogP) is 2.96. The molecule has 0 atom stereocenters. The van der Waals surface area contributed by atoms with Gasteiger partial charge in [-0.25, -0.2) is 4.39 Å². The van der Waals surface area contributed by atoms with Crippen LogP contribution in [0.4, 0.5) is 15.8 Å². The fourth-order valence-electron chi connectivity index (χ4n) is 2.75. The molecule has 0 fully saturated rings. The van der Waals surface area contributed by atoms with Crippen LogP contribution in [0.1, 0.15) is 22.3 Å². The molecule has 1 aliphatic rings. The molecule has 0 saturated carbocycles.